The van der Waals surface area contributed by atoms with Crippen molar-refractivity contribution in [3.05, 3.63) is 22.9 Å². The third-order valence-electron chi connectivity index (χ3n) is 2.44. The largest absolute Gasteiger partial charge is 0.480 e. The van der Waals surface area contributed by atoms with Gasteiger partial charge < -0.3 is 5.11 Å². The van der Waals surface area contributed by atoms with E-state index in [4.69, 9.17) is 16.7 Å². The fourth-order valence-electron chi connectivity index (χ4n) is 1.45. The lowest BCUT2D eigenvalue weighted by Crippen LogP contribution is -2.29. The molecular weight excluding hydrogens is 220 g/mol. The van der Waals surface area contributed by atoms with Crippen LogP contribution in [0.3, 0.4) is 0 Å². The third kappa shape index (κ3) is 2.07. The van der Waals surface area contributed by atoms with E-state index in [1.54, 1.807) is 17.0 Å². The molecule has 1 aromatic rings. The minimum Gasteiger partial charge on any atom is -0.480 e. The highest BCUT2D eigenvalue weighted by Crippen LogP contribution is 2.33. The molecule has 1 saturated carbocycles. The number of carbonyl (C=O) groups is 1. The Morgan fingerprint density at radius 2 is 2.27 bits per heavy atom. The molecule has 1 fully saturated rings. The van der Waals surface area contributed by atoms with Crippen LogP contribution < -0.4 is 5.69 Å². The van der Waals surface area contributed by atoms with Crippen molar-refractivity contribution in [2.24, 2.45) is 0 Å². The molecule has 0 amide bonds. The second-order valence-electron chi connectivity index (χ2n) is 3.68. The maximum Gasteiger partial charge on any atom is 0.328 e. The van der Waals surface area contributed by atoms with Crippen molar-refractivity contribution in [3.63, 3.8) is 0 Å². The zero-order chi connectivity index (χ0) is 11.0. The Labute approximate surface area is 90.9 Å². The second-order valence-corrected chi connectivity index (χ2v) is 4.20. The fraction of sp³-hybridized carbons (Fsp3) is 0.556. The highest BCUT2D eigenvalue weighted by atomic mass is 35.5. The Morgan fingerprint density at radius 3 is 2.80 bits per heavy atom. The Morgan fingerprint density at radius 1 is 1.60 bits per heavy atom. The number of nitrogens with zero attached hydrogens (tertiary/aromatic N) is 2. The lowest BCUT2D eigenvalue weighted by molar-refractivity contribution is -0.136. The molecule has 0 aromatic carbocycles. The lowest BCUT2D eigenvalue weighted by atomic mass is 10.4. The fourth-order valence-corrected chi connectivity index (χ4v) is 1.60. The van der Waals surface area contributed by atoms with Gasteiger partial charge in [-0.05, 0) is 12.8 Å². The molecule has 2 rings (SSSR count). The van der Waals surface area contributed by atoms with Crippen molar-refractivity contribution in [2.75, 3.05) is 0 Å². The molecule has 1 atom stereocenters. The molecule has 1 aliphatic rings. The van der Waals surface area contributed by atoms with Crippen molar-refractivity contribution in [1.29, 1.82) is 0 Å². The van der Waals surface area contributed by atoms with Gasteiger partial charge in [-0.1, -0.05) is 0 Å². The number of halogens is 1. The molecule has 6 heteroatoms. The van der Waals surface area contributed by atoms with Gasteiger partial charge >= 0.3 is 11.7 Å². The van der Waals surface area contributed by atoms with Crippen molar-refractivity contribution in [1.82, 2.24) is 9.13 Å². The van der Waals surface area contributed by atoms with Crippen LogP contribution in [0, 0.1) is 0 Å². The van der Waals surface area contributed by atoms with E-state index in [0.29, 0.717) is 6.04 Å². The molecule has 0 aliphatic heterocycles. The first kappa shape index (κ1) is 10.3. The number of imidazole rings is 1. The van der Waals surface area contributed by atoms with Crippen LogP contribution in [-0.2, 0) is 11.3 Å². The first-order valence-electron chi connectivity index (χ1n) is 4.73. The second kappa shape index (κ2) is 3.73. The van der Waals surface area contributed by atoms with Crippen molar-refractivity contribution >= 4 is 17.6 Å². The molecule has 0 saturated heterocycles. The Hall–Kier alpha value is -1.23. The highest BCUT2D eigenvalue weighted by molar-refractivity contribution is 6.29. The summed E-state index contributed by atoms with van der Waals surface area (Å²) in [6.45, 7) is 0.00937. The van der Waals surface area contributed by atoms with Crippen LogP contribution >= 0.6 is 11.6 Å². The first-order chi connectivity index (χ1) is 7.09. The Bertz CT molecular complexity index is 433. The minimum atomic E-state index is -1.11. The number of alkyl halides is 1. The molecule has 0 radical (unpaired) electrons. The summed E-state index contributed by atoms with van der Waals surface area (Å²) in [6.07, 6.45) is 5.31. The first-order valence-corrected chi connectivity index (χ1v) is 5.17. The highest BCUT2D eigenvalue weighted by Gasteiger charge is 2.26. The quantitative estimate of drug-likeness (QED) is 0.774. The summed E-state index contributed by atoms with van der Waals surface area (Å²) in [5, 5.41) is 7.55. The van der Waals surface area contributed by atoms with E-state index >= 15 is 0 Å². The van der Waals surface area contributed by atoms with Crippen molar-refractivity contribution in [2.45, 2.75) is 30.8 Å². The van der Waals surface area contributed by atoms with Gasteiger partial charge in [0.25, 0.3) is 0 Å². The number of hydrogen-bond donors (Lipinski definition) is 1. The topological polar surface area (TPSA) is 64.2 Å². The van der Waals surface area contributed by atoms with Gasteiger partial charge in [0, 0.05) is 18.4 Å². The summed E-state index contributed by atoms with van der Waals surface area (Å²) < 4.78 is 2.97. The van der Waals surface area contributed by atoms with Gasteiger partial charge in [-0.15, -0.1) is 11.6 Å². The SMILES string of the molecule is O=C(O)C(Cl)Cn1ccn(C2CC2)c1=O. The average Bonchev–Trinajstić information content (AvgIpc) is 2.95. The summed E-state index contributed by atoms with van der Waals surface area (Å²) in [7, 11) is 0. The summed E-state index contributed by atoms with van der Waals surface area (Å²) in [5.74, 6) is -1.11. The van der Waals surface area contributed by atoms with Crippen molar-refractivity contribution < 1.29 is 9.90 Å². The molecule has 1 N–H and O–H groups in total. The van der Waals surface area contributed by atoms with Crippen molar-refractivity contribution in [3.8, 4) is 0 Å². The molecule has 0 bridgehead atoms. The summed E-state index contributed by atoms with van der Waals surface area (Å²) in [6, 6.07) is 0.303. The maximum absolute atomic E-state index is 11.7. The molecule has 1 aromatic heterocycles. The van der Waals surface area contributed by atoms with Crippen LogP contribution in [0.1, 0.15) is 18.9 Å². The van der Waals surface area contributed by atoms with Gasteiger partial charge in [-0.25, -0.2) is 4.79 Å². The van der Waals surface area contributed by atoms with Crippen LogP contribution in [0.5, 0.6) is 0 Å². The molecule has 5 nitrogen and oxygen atoms in total. The van der Waals surface area contributed by atoms with Crippen LogP contribution in [0.15, 0.2) is 17.2 Å². The van der Waals surface area contributed by atoms with E-state index in [2.05, 4.69) is 0 Å². The molecule has 15 heavy (non-hydrogen) atoms. The van der Waals surface area contributed by atoms with E-state index in [9.17, 15) is 9.59 Å². The van der Waals surface area contributed by atoms with Crippen LogP contribution in [-0.4, -0.2) is 25.6 Å². The summed E-state index contributed by atoms with van der Waals surface area (Å²) in [5.41, 5.74) is -0.176. The molecular formula is C9H11ClN2O3. The average molecular weight is 231 g/mol. The smallest absolute Gasteiger partial charge is 0.328 e. The van der Waals surface area contributed by atoms with Gasteiger partial charge in [-0.2, -0.15) is 0 Å². The summed E-state index contributed by atoms with van der Waals surface area (Å²) in [4.78, 5) is 22.2. The van der Waals surface area contributed by atoms with Crippen LogP contribution in [0.25, 0.3) is 0 Å². The normalized spacial score (nSPS) is 17.7. The van der Waals surface area contributed by atoms with Gasteiger partial charge in [0.05, 0.1) is 6.54 Å². The van der Waals surface area contributed by atoms with Gasteiger partial charge in [0.15, 0.2) is 0 Å². The van der Waals surface area contributed by atoms with E-state index in [-0.39, 0.29) is 12.2 Å². The molecule has 0 spiro atoms. The molecule has 1 unspecified atom stereocenters. The molecule has 1 heterocycles. The number of aromatic nitrogens is 2. The van der Waals surface area contributed by atoms with Gasteiger partial charge in [0.2, 0.25) is 0 Å². The standard InChI is InChI=1S/C9H11ClN2O3/c10-7(8(13)14)5-11-3-4-12(9(11)15)6-1-2-6/h3-4,6-7H,1-2,5H2,(H,13,14). The van der Waals surface area contributed by atoms with Crippen LogP contribution in [0.2, 0.25) is 0 Å². The number of rotatable bonds is 4. The van der Waals surface area contributed by atoms with E-state index < -0.39 is 11.3 Å². The van der Waals surface area contributed by atoms with Gasteiger partial charge in [-0.3, -0.25) is 13.9 Å². The minimum absolute atomic E-state index is 0.00937. The third-order valence-corrected chi connectivity index (χ3v) is 2.76. The Balaban J connectivity index is 2.15. The van der Waals surface area contributed by atoms with Crippen LogP contribution in [0.4, 0.5) is 0 Å². The molecule has 1 aliphatic carbocycles. The lowest BCUT2D eigenvalue weighted by Gasteiger charge is -2.03. The molecule has 82 valence electrons. The zero-order valence-corrected chi connectivity index (χ0v) is 8.72. The number of aliphatic carboxylic acids is 1. The number of carboxylic acid groups (broad SMARTS) is 1. The van der Waals surface area contributed by atoms with E-state index in [1.807, 2.05) is 0 Å². The Kier molecular flexibility index (Phi) is 2.56. The zero-order valence-electron chi connectivity index (χ0n) is 7.97. The van der Waals surface area contributed by atoms with E-state index in [1.165, 1.54) is 4.57 Å². The predicted molar refractivity (Wildman–Crippen MR) is 54.2 cm³/mol. The maximum atomic E-state index is 11.7. The monoisotopic (exact) mass is 230 g/mol. The summed E-state index contributed by atoms with van der Waals surface area (Å²) >= 11 is 5.56. The van der Waals surface area contributed by atoms with E-state index in [0.717, 1.165) is 12.8 Å². The van der Waals surface area contributed by atoms with Gasteiger partial charge in [0.1, 0.15) is 5.38 Å². The number of carboxylic acids is 1. The number of hydrogen-bond acceptors (Lipinski definition) is 2. The predicted octanol–water partition coefficient (Wildman–Crippen LogP) is 0.677.